The predicted octanol–water partition coefficient (Wildman–Crippen LogP) is 3.67. The number of carbonyl (C=O) groups excluding carboxylic acids is 2. The van der Waals surface area contributed by atoms with E-state index in [1.165, 1.54) is 19.3 Å². The first kappa shape index (κ1) is 17.1. The van der Waals surface area contributed by atoms with Gasteiger partial charge in [0.25, 0.3) is 0 Å². The highest BCUT2D eigenvalue weighted by atomic mass is 35.5. The maximum Gasteiger partial charge on any atom is 0.316 e. The number of hydrogen-bond donors (Lipinski definition) is 2. The summed E-state index contributed by atoms with van der Waals surface area (Å²) in [5.74, 6) is -0.0825. The first-order valence-corrected chi connectivity index (χ1v) is 9.08. The van der Waals surface area contributed by atoms with Crippen LogP contribution in [0.5, 0.6) is 0 Å². The van der Waals surface area contributed by atoms with Crippen molar-refractivity contribution in [2.24, 2.45) is 5.92 Å². The summed E-state index contributed by atoms with van der Waals surface area (Å²) in [6, 6.07) is 7.20. The maximum absolute atomic E-state index is 12.5. The number of halogens is 1. The molecule has 0 radical (unpaired) electrons. The largest absolute Gasteiger partial charge is 0.335 e. The van der Waals surface area contributed by atoms with Crippen LogP contribution >= 0.6 is 11.6 Å². The molecule has 1 aromatic carbocycles. The van der Waals surface area contributed by atoms with Gasteiger partial charge in [0, 0.05) is 22.7 Å². The lowest BCUT2D eigenvalue weighted by molar-refractivity contribution is -0.120. The molecule has 5 nitrogen and oxygen atoms in total. The van der Waals surface area contributed by atoms with Crippen molar-refractivity contribution in [1.82, 2.24) is 10.6 Å². The number of amides is 3. The van der Waals surface area contributed by atoms with Crippen LogP contribution in [-0.4, -0.2) is 24.1 Å². The number of hydrogen-bond acceptors (Lipinski definition) is 2. The lowest BCUT2D eigenvalue weighted by Crippen LogP contribution is -2.51. The van der Waals surface area contributed by atoms with Crippen LogP contribution in [0.15, 0.2) is 24.3 Å². The molecular weight excluding hydrogens is 326 g/mol. The molecule has 2 atom stereocenters. The zero-order valence-electron chi connectivity index (χ0n) is 13.9. The van der Waals surface area contributed by atoms with Crippen LogP contribution in [0.4, 0.5) is 10.5 Å². The van der Waals surface area contributed by atoms with E-state index in [1.54, 1.807) is 17.0 Å². The van der Waals surface area contributed by atoms with Gasteiger partial charge in [-0.1, -0.05) is 37.8 Å². The van der Waals surface area contributed by atoms with Crippen LogP contribution in [-0.2, 0) is 4.79 Å². The maximum atomic E-state index is 12.5. The molecule has 1 saturated carbocycles. The highest BCUT2D eigenvalue weighted by Gasteiger charge is 2.38. The highest BCUT2D eigenvalue weighted by molar-refractivity contribution is 6.30. The normalized spacial score (nSPS) is 24.9. The van der Waals surface area contributed by atoms with Crippen molar-refractivity contribution < 1.29 is 9.59 Å². The minimum Gasteiger partial charge on any atom is -0.335 e. The number of nitrogens with one attached hydrogen (secondary N) is 2. The molecule has 3 amide bonds. The quantitative estimate of drug-likeness (QED) is 0.874. The van der Waals surface area contributed by atoms with E-state index in [4.69, 9.17) is 11.6 Å². The molecule has 130 valence electrons. The summed E-state index contributed by atoms with van der Waals surface area (Å²) < 4.78 is 0. The number of carbonyl (C=O) groups is 2. The third-order valence-corrected chi connectivity index (χ3v) is 5.14. The first-order chi connectivity index (χ1) is 11.5. The van der Waals surface area contributed by atoms with Crippen molar-refractivity contribution >= 4 is 29.2 Å². The van der Waals surface area contributed by atoms with Crippen LogP contribution in [0.25, 0.3) is 0 Å². The third-order valence-electron chi connectivity index (χ3n) is 4.89. The number of rotatable bonds is 3. The Morgan fingerprint density at radius 3 is 2.46 bits per heavy atom. The molecular formula is C18H24ClN3O2. The highest BCUT2D eigenvalue weighted by Crippen LogP contribution is 2.30. The van der Waals surface area contributed by atoms with Crippen LogP contribution < -0.4 is 15.5 Å². The molecule has 24 heavy (non-hydrogen) atoms. The first-order valence-electron chi connectivity index (χ1n) is 8.70. The van der Waals surface area contributed by atoms with Gasteiger partial charge in [-0.3, -0.25) is 9.69 Å². The van der Waals surface area contributed by atoms with Crippen LogP contribution in [0.3, 0.4) is 0 Å². The Labute approximate surface area is 147 Å². The number of nitrogens with zero attached hydrogens (tertiary/aromatic N) is 1. The summed E-state index contributed by atoms with van der Waals surface area (Å²) in [5.41, 5.74) is 0.761. The minimum absolute atomic E-state index is 0.0280. The number of urea groups is 1. The van der Waals surface area contributed by atoms with Gasteiger partial charge in [-0.2, -0.15) is 0 Å². The average molecular weight is 350 g/mol. The fraction of sp³-hybridized carbons (Fsp3) is 0.556. The van der Waals surface area contributed by atoms with Crippen molar-refractivity contribution in [3.8, 4) is 0 Å². The van der Waals surface area contributed by atoms with E-state index in [0.717, 1.165) is 18.5 Å². The van der Waals surface area contributed by atoms with Gasteiger partial charge < -0.3 is 10.6 Å². The monoisotopic (exact) mass is 349 g/mol. The summed E-state index contributed by atoms with van der Waals surface area (Å²) in [7, 11) is 0. The Morgan fingerprint density at radius 1 is 1.12 bits per heavy atom. The summed E-state index contributed by atoms with van der Waals surface area (Å²) in [6.07, 6.45) is 5.94. The summed E-state index contributed by atoms with van der Waals surface area (Å²) in [5, 5.41) is 6.64. The third kappa shape index (κ3) is 3.83. The van der Waals surface area contributed by atoms with Crippen molar-refractivity contribution in [3.05, 3.63) is 29.3 Å². The fourth-order valence-electron chi connectivity index (χ4n) is 3.59. The van der Waals surface area contributed by atoms with E-state index in [0.29, 0.717) is 11.4 Å². The van der Waals surface area contributed by atoms with Gasteiger partial charge >= 0.3 is 6.03 Å². The minimum atomic E-state index is -0.322. The number of benzene rings is 1. The van der Waals surface area contributed by atoms with Crippen molar-refractivity contribution in [2.45, 2.75) is 57.7 Å². The van der Waals surface area contributed by atoms with E-state index in [1.807, 2.05) is 19.1 Å². The van der Waals surface area contributed by atoms with Gasteiger partial charge in [0.05, 0.1) is 0 Å². The smallest absolute Gasteiger partial charge is 0.316 e. The van der Waals surface area contributed by atoms with E-state index in [2.05, 4.69) is 10.6 Å². The van der Waals surface area contributed by atoms with E-state index in [-0.39, 0.29) is 30.1 Å². The van der Waals surface area contributed by atoms with Crippen molar-refractivity contribution in [1.29, 1.82) is 0 Å². The standard InChI is InChI=1S/C18H24ClN3O2/c1-12-11-16(21-18(24)20-14-5-3-2-4-6-14)22(17(12)23)15-9-7-13(19)8-10-15/h7-10,12,14,16H,2-6,11H2,1H3,(H2,20,21,24)/t12-,16+/m0/s1. The molecule has 0 bridgehead atoms. The Kier molecular flexibility index (Phi) is 5.29. The van der Waals surface area contributed by atoms with Crippen LogP contribution in [0.2, 0.25) is 5.02 Å². The molecule has 1 aromatic rings. The summed E-state index contributed by atoms with van der Waals surface area (Å²) >= 11 is 5.93. The molecule has 2 fully saturated rings. The molecule has 2 N–H and O–H groups in total. The Bertz CT molecular complexity index is 599. The van der Waals surface area contributed by atoms with Crippen LogP contribution in [0, 0.1) is 5.92 Å². The average Bonchev–Trinajstić information content (AvgIpc) is 2.83. The Morgan fingerprint density at radius 2 is 1.79 bits per heavy atom. The van der Waals surface area contributed by atoms with Gasteiger partial charge in [0.15, 0.2) is 0 Å². The van der Waals surface area contributed by atoms with Gasteiger partial charge in [-0.25, -0.2) is 4.79 Å². The SMILES string of the molecule is C[C@H]1C[C@H](NC(=O)NC2CCCCC2)N(c2ccc(Cl)cc2)C1=O. The zero-order chi connectivity index (χ0) is 17.1. The van der Waals surface area contributed by atoms with Crippen molar-refractivity contribution in [2.75, 3.05) is 4.90 Å². The van der Waals surface area contributed by atoms with E-state index in [9.17, 15) is 9.59 Å². The molecule has 6 heteroatoms. The molecule has 0 spiro atoms. The molecule has 1 heterocycles. The fourth-order valence-corrected chi connectivity index (χ4v) is 3.72. The second-order valence-electron chi connectivity index (χ2n) is 6.79. The van der Waals surface area contributed by atoms with Crippen LogP contribution in [0.1, 0.15) is 45.4 Å². The Hall–Kier alpha value is -1.75. The van der Waals surface area contributed by atoms with E-state index < -0.39 is 0 Å². The number of anilines is 1. The zero-order valence-corrected chi connectivity index (χ0v) is 14.7. The second kappa shape index (κ2) is 7.43. The van der Waals surface area contributed by atoms with Gasteiger partial charge in [-0.15, -0.1) is 0 Å². The lowest BCUT2D eigenvalue weighted by atomic mass is 9.96. The summed E-state index contributed by atoms with van der Waals surface area (Å²) in [6.45, 7) is 1.89. The van der Waals surface area contributed by atoms with Gasteiger partial charge in [-0.05, 0) is 43.5 Å². The second-order valence-corrected chi connectivity index (χ2v) is 7.23. The molecule has 3 rings (SSSR count). The molecule has 0 unspecified atom stereocenters. The van der Waals surface area contributed by atoms with Gasteiger partial charge in [0.2, 0.25) is 5.91 Å². The van der Waals surface area contributed by atoms with Gasteiger partial charge in [0.1, 0.15) is 6.17 Å². The molecule has 1 saturated heterocycles. The molecule has 1 aliphatic carbocycles. The lowest BCUT2D eigenvalue weighted by Gasteiger charge is -2.28. The topological polar surface area (TPSA) is 61.4 Å². The molecule has 2 aliphatic rings. The molecule has 0 aromatic heterocycles. The van der Waals surface area contributed by atoms with Crippen molar-refractivity contribution in [3.63, 3.8) is 0 Å². The molecule has 1 aliphatic heterocycles. The summed E-state index contributed by atoms with van der Waals surface area (Å²) in [4.78, 5) is 26.5. The van der Waals surface area contributed by atoms with E-state index >= 15 is 0 Å². The predicted molar refractivity (Wildman–Crippen MR) is 95.0 cm³/mol. The Balaban J connectivity index is 1.67.